The molecule has 1 aromatic rings. The second-order valence-electron chi connectivity index (χ2n) is 5.85. The number of nitrogens with one attached hydrogen (secondary N) is 2. The van der Waals surface area contributed by atoms with Crippen LogP contribution in [0.1, 0.15) is 43.6 Å². The summed E-state index contributed by atoms with van der Waals surface area (Å²) in [6, 6.07) is 9.27. The van der Waals surface area contributed by atoms with Gasteiger partial charge in [-0.3, -0.25) is 4.99 Å². The van der Waals surface area contributed by atoms with Crippen molar-refractivity contribution in [2.45, 2.75) is 50.1 Å². The molecule has 0 spiro atoms. The Balaban J connectivity index is 1.53. The molecule has 2 fully saturated rings. The Morgan fingerprint density at radius 3 is 2.75 bits per heavy atom. The van der Waals surface area contributed by atoms with Gasteiger partial charge in [0.15, 0.2) is 5.96 Å². The highest BCUT2D eigenvalue weighted by Gasteiger charge is 2.39. The predicted molar refractivity (Wildman–Crippen MR) is 84.5 cm³/mol. The van der Waals surface area contributed by atoms with Gasteiger partial charge in [0.05, 0.1) is 0 Å². The summed E-state index contributed by atoms with van der Waals surface area (Å²) in [5.41, 5.74) is 1.33. The molecular weight excluding hydrogens is 270 g/mol. The molecule has 20 heavy (non-hydrogen) atoms. The molecule has 2 N–H and O–H groups in total. The summed E-state index contributed by atoms with van der Waals surface area (Å²) < 4.78 is 0. The molecule has 2 saturated carbocycles. The first-order valence-corrected chi connectivity index (χ1v) is 7.89. The Morgan fingerprint density at radius 1 is 1.25 bits per heavy atom. The SMILES string of the molecule is CN=C(NC1CCCC1)NC1CC1c1cccc(Cl)c1. The highest BCUT2D eigenvalue weighted by molar-refractivity contribution is 6.30. The molecule has 2 aliphatic rings. The molecule has 0 bridgehead atoms. The lowest BCUT2D eigenvalue weighted by atomic mass is 10.1. The van der Waals surface area contributed by atoms with Gasteiger partial charge in [-0.25, -0.2) is 0 Å². The van der Waals surface area contributed by atoms with Crippen molar-refractivity contribution in [2.75, 3.05) is 7.05 Å². The van der Waals surface area contributed by atoms with E-state index < -0.39 is 0 Å². The first-order chi connectivity index (χ1) is 9.76. The number of guanidine groups is 1. The number of hydrogen-bond acceptors (Lipinski definition) is 1. The number of benzene rings is 1. The minimum absolute atomic E-state index is 0.487. The van der Waals surface area contributed by atoms with Gasteiger partial charge < -0.3 is 10.6 Å². The highest BCUT2D eigenvalue weighted by atomic mass is 35.5. The van der Waals surface area contributed by atoms with Crippen molar-refractivity contribution in [1.29, 1.82) is 0 Å². The third-order valence-corrected chi connectivity index (χ3v) is 4.54. The van der Waals surface area contributed by atoms with E-state index >= 15 is 0 Å². The Bertz CT molecular complexity index is 494. The van der Waals surface area contributed by atoms with Crippen LogP contribution in [0.3, 0.4) is 0 Å². The zero-order valence-electron chi connectivity index (χ0n) is 11.9. The molecule has 2 unspecified atom stereocenters. The lowest BCUT2D eigenvalue weighted by Gasteiger charge is -2.16. The second kappa shape index (κ2) is 6.04. The Morgan fingerprint density at radius 2 is 2.05 bits per heavy atom. The third kappa shape index (κ3) is 3.26. The molecule has 2 atom stereocenters. The molecule has 3 nitrogen and oxygen atoms in total. The van der Waals surface area contributed by atoms with Gasteiger partial charge in [-0.05, 0) is 37.0 Å². The Kier molecular flexibility index (Phi) is 4.16. The van der Waals surface area contributed by atoms with Gasteiger partial charge >= 0.3 is 0 Å². The summed E-state index contributed by atoms with van der Waals surface area (Å²) in [6.45, 7) is 0. The van der Waals surface area contributed by atoms with E-state index in [1.807, 2.05) is 19.2 Å². The molecule has 108 valence electrons. The van der Waals surface area contributed by atoms with Crippen molar-refractivity contribution in [1.82, 2.24) is 10.6 Å². The number of aliphatic imine (C=N–C) groups is 1. The maximum absolute atomic E-state index is 6.05. The molecular formula is C16H22ClN3. The zero-order valence-corrected chi connectivity index (χ0v) is 12.7. The number of halogens is 1. The lowest BCUT2D eigenvalue weighted by Crippen LogP contribution is -2.43. The van der Waals surface area contributed by atoms with Crippen LogP contribution in [-0.2, 0) is 0 Å². The summed E-state index contributed by atoms with van der Waals surface area (Å²) in [6.07, 6.45) is 6.37. The monoisotopic (exact) mass is 291 g/mol. The van der Waals surface area contributed by atoms with Crippen molar-refractivity contribution < 1.29 is 0 Å². The molecule has 0 radical (unpaired) electrons. The minimum Gasteiger partial charge on any atom is -0.354 e. The quantitative estimate of drug-likeness (QED) is 0.662. The molecule has 0 aromatic heterocycles. The molecule has 0 heterocycles. The number of nitrogens with zero attached hydrogens (tertiary/aromatic N) is 1. The third-order valence-electron chi connectivity index (χ3n) is 4.31. The van der Waals surface area contributed by atoms with Gasteiger partial charge in [0.25, 0.3) is 0 Å². The van der Waals surface area contributed by atoms with Crippen LogP contribution < -0.4 is 10.6 Å². The van der Waals surface area contributed by atoms with Gasteiger partial charge in [0, 0.05) is 30.1 Å². The van der Waals surface area contributed by atoms with Crippen LogP contribution in [0, 0.1) is 0 Å². The fourth-order valence-corrected chi connectivity index (χ4v) is 3.27. The number of hydrogen-bond donors (Lipinski definition) is 2. The van der Waals surface area contributed by atoms with Crippen LogP contribution in [0.2, 0.25) is 5.02 Å². The maximum Gasteiger partial charge on any atom is 0.191 e. The van der Waals surface area contributed by atoms with Crippen molar-refractivity contribution in [3.05, 3.63) is 34.9 Å². The maximum atomic E-state index is 6.05. The van der Waals surface area contributed by atoms with E-state index in [-0.39, 0.29) is 0 Å². The van der Waals surface area contributed by atoms with E-state index in [2.05, 4.69) is 27.8 Å². The van der Waals surface area contributed by atoms with Crippen LogP contribution in [0.5, 0.6) is 0 Å². The molecule has 2 aliphatic carbocycles. The minimum atomic E-state index is 0.487. The van der Waals surface area contributed by atoms with Crippen molar-refractivity contribution in [3.8, 4) is 0 Å². The summed E-state index contributed by atoms with van der Waals surface area (Å²) >= 11 is 6.05. The van der Waals surface area contributed by atoms with E-state index in [0.29, 0.717) is 18.0 Å². The van der Waals surface area contributed by atoms with E-state index in [0.717, 1.165) is 17.4 Å². The summed E-state index contributed by atoms with van der Waals surface area (Å²) in [5.74, 6) is 1.52. The standard InChI is InChI=1S/C16H22ClN3/c1-18-16(19-13-7-2-3-8-13)20-15-10-14(15)11-5-4-6-12(17)9-11/h4-6,9,13-15H,2-3,7-8,10H2,1H3,(H2,18,19,20). The van der Waals surface area contributed by atoms with Gasteiger partial charge in [-0.2, -0.15) is 0 Å². The summed E-state index contributed by atoms with van der Waals surface area (Å²) in [4.78, 5) is 4.35. The van der Waals surface area contributed by atoms with Gasteiger partial charge in [0.1, 0.15) is 0 Å². The van der Waals surface area contributed by atoms with Gasteiger partial charge in [0.2, 0.25) is 0 Å². The highest BCUT2D eigenvalue weighted by Crippen LogP contribution is 2.41. The largest absolute Gasteiger partial charge is 0.354 e. The topological polar surface area (TPSA) is 36.4 Å². The summed E-state index contributed by atoms with van der Waals surface area (Å²) in [5, 5.41) is 7.89. The molecule has 0 saturated heterocycles. The van der Waals surface area contributed by atoms with E-state index in [4.69, 9.17) is 11.6 Å². The summed E-state index contributed by atoms with van der Waals surface area (Å²) in [7, 11) is 1.85. The molecule has 3 rings (SSSR count). The lowest BCUT2D eigenvalue weighted by molar-refractivity contribution is 0.612. The molecule has 0 amide bonds. The van der Waals surface area contributed by atoms with E-state index in [1.165, 1.54) is 31.2 Å². The van der Waals surface area contributed by atoms with Crippen molar-refractivity contribution in [3.63, 3.8) is 0 Å². The zero-order chi connectivity index (χ0) is 13.9. The average molecular weight is 292 g/mol. The van der Waals surface area contributed by atoms with Crippen molar-refractivity contribution >= 4 is 17.6 Å². The smallest absolute Gasteiger partial charge is 0.191 e. The molecule has 1 aromatic carbocycles. The molecule has 0 aliphatic heterocycles. The van der Waals surface area contributed by atoms with Crippen LogP contribution in [0.15, 0.2) is 29.3 Å². The Labute approximate surface area is 125 Å². The average Bonchev–Trinajstić information content (AvgIpc) is 3.02. The fourth-order valence-electron chi connectivity index (χ4n) is 3.07. The van der Waals surface area contributed by atoms with Crippen LogP contribution in [0.25, 0.3) is 0 Å². The first kappa shape index (κ1) is 13.7. The fraction of sp³-hybridized carbons (Fsp3) is 0.562. The molecule has 4 heteroatoms. The van der Waals surface area contributed by atoms with Crippen LogP contribution in [0.4, 0.5) is 0 Å². The van der Waals surface area contributed by atoms with Gasteiger partial charge in [-0.1, -0.05) is 36.6 Å². The van der Waals surface area contributed by atoms with Crippen LogP contribution >= 0.6 is 11.6 Å². The first-order valence-electron chi connectivity index (χ1n) is 7.51. The van der Waals surface area contributed by atoms with E-state index in [9.17, 15) is 0 Å². The van der Waals surface area contributed by atoms with Gasteiger partial charge in [-0.15, -0.1) is 0 Å². The normalized spacial score (nSPS) is 26.6. The Hall–Kier alpha value is -1.22. The van der Waals surface area contributed by atoms with E-state index in [1.54, 1.807) is 0 Å². The number of rotatable bonds is 3. The van der Waals surface area contributed by atoms with Crippen molar-refractivity contribution in [2.24, 2.45) is 4.99 Å². The predicted octanol–water partition coefficient (Wildman–Crippen LogP) is 3.30. The second-order valence-corrected chi connectivity index (χ2v) is 6.28. The van der Waals surface area contributed by atoms with Crippen LogP contribution in [-0.4, -0.2) is 25.1 Å².